The summed E-state index contributed by atoms with van der Waals surface area (Å²) in [6, 6.07) is 1.73. The van der Waals surface area contributed by atoms with E-state index < -0.39 is 5.97 Å². The first-order valence-electron chi connectivity index (χ1n) is 5.89. The maximum absolute atomic E-state index is 12.0. The third kappa shape index (κ3) is 2.88. The number of ether oxygens (including phenoxy) is 1. The Balaban J connectivity index is 2.02. The molecule has 2 N–H and O–H groups in total. The lowest BCUT2D eigenvalue weighted by molar-refractivity contribution is -0.120. The van der Waals surface area contributed by atoms with Crippen molar-refractivity contribution in [2.75, 3.05) is 25.5 Å². The van der Waals surface area contributed by atoms with Crippen molar-refractivity contribution >= 4 is 28.9 Å². The molecule has 1 aromatic heterocycles. The second kappa shape index (κ2) is 5.97. The molecule has 0 radical (unpaired) electrons. The molecule has 1 fully saturated rings. The third-order valence-electron chi connectivity index (χ3n) is 3.00. The predicted molar refractivity (Wildman–Crippen MR) is 69.9 cm³/mol. The van der Waals surface area contributed by atoms with E-state index in [0.717, 1.165) is 25.9 Å². The maximum atomic E-state index is 12.0. The van der Waals surface area contributed by atoms with Gasteiger partial charge in [-0.05, 0) is 37.4 Å². The molecule has 0 aliphatic carbocycles. The molecule has 98 valence electrons. The van der Waals surface area contributed by atoms with Gasteiger partial charge in [-0.3, -0.25) is 4.79 Å². The molecule has 18 heavy (non-hydrogen) atoms. The molecule has 1 aliphatic heterocycles. The second-order valence-corrected chi connectivity index (χ2v) is 5.08. The summed E-state index contributed by atoms with van der Waals surface area (Å²) in [5.41, 5.74) is 0.551. The summed E-state index contributed by atoms with van der Waals surface area (Å²) in [6.45, 7) is 1.73. The first-order valence-corrected chi connectivity index (χ1v) is 6.77. The minimum atomic E-state index is -0.411. The number of carbonyl (C=O) groups excluding carboxylic acids is 2. The van der Waals surface area contributed by atoms with Crippen molar-refractivity contribution < 1.29 is 14.3 Å². The molecule has 6 heteroatoms. The second-order valence-electron chi connectivity index (χ2n) is 4.17. The summed E-state index contributed by atoms with van der Waals surface area (Å²) in [4.78, 5) is 24.0. The van der Waals surface area contributed by atoms with Crippen LogP contribution >= 0.6 is 11.3 Å². The lowest BCUT2D eigenvalue weighted by atomic mass is 9.97. The molecule has 0 aromatic carbocycles. The van der Waals surface area contributed by atoms with Gasteiger partial charge in [0.25, 0.3) is 0 Å². The monoisotopic (exact) mass is 268 g/mol. The number of nitrogens with one attached hydrogen (secondary N) is 2. The average molecular weight is 268 g/mol. The molecule has 1 amide bonds. The van der Waals surface area contributed by atoms with Crippen LogP contribution in [0.15, 0.2) is 11.4 Å². The zero-order valence-electron chi connectivity index (χ0n) is 10.2. The Labute approximate surface area is 110 Å². The number of piperidine rings is 1. The van der Waals surface area contributed by atoms with Crippen LogP contribution < -0.4 is 10.6 Å². The Bertz CT molecular complexity index is 438. The van der Waals surface area contributed by atoms with Gasteiger partial charge in [0.1, 0.15) is 4.88 Å². The Morgan fingerprint density at radius 2 is 2.17 bits per heavy atom. The number of methoxy groups -OCH3 is 1. The Hall–Kier alpha value is -1.40. The number of esters is 1. The minimum absolute atomic E-state index is 0.0138. The topological polar surface area (TPSA) is 67.4 Å². The van der Waals surface area contributed by atoms with Gasteiger partial charge in [-0.1, -0.05) is 0 Å². The Morgan fingerprint density at radius 3 is 2.83 bits per heavy atom. The number of carbonyl (C=O) groups is 2. The molecule has 0 bridgehead atoms. The number of amides is 1. The van der Waals surface area contributed by atoms with Crippen LogP contribution in [0.1, 0.15) is 22.5 Å². The number of hydrogen-bond acceptors (Lipinski definition) is 5. The number of anilines is 1. The molecule has 0 atom stereocenters. The third-order valence-corrected chi connectivity index (χ3v) is 3.90. The lowest BCUT2D eigenvalue weighted by Gasteiger charge is -2.21. The van der Waals surface area contributed by atoms with Crippen LogP contribution in [-0.4, -0.2) is 32.1 Å². The van der Waals surface area contributed by atoms with Gasteiger partial charge < -0.3 is 15.4 Å². The first kappa shape index (κ1) is 13.0. The Morgan fingerprint density at radius 1 is 1.44 bits per heavy atom. The van der Waals surface area contributed by atoms with E-state index >= 15 is 0 Å². The quantitative estimate of drug-likeness (QED) is 0.815. The molecular weight excluding hydrogens is 252 g/mol. The summed E-state index contributed by atoms with van der Waals surface area (Å²) >= 11 is 1.27. The highest BCUT2D eigenvalue weighted by molar-refractivity contribution is 7.12. The van der Waals surface area contributed by atoms with Gasteiger partial charge in [0, 0.05) is 5.92 Å². The highest BCUT2D eigenvalue weighted by atomic mass is 32.1. The van der Waals surface area contributed by atoms with Gasteiger partial charge in [-0.25, -0.2) is 4.79 Å². The largest absolute Gasteiger partial charge is 0.465 e. The molecule has 1 aliphatic rings. The molecule has 1 saturated heterocycles. The summed E-state index contributed by atoms with van der Waals surface area (Å²) in [7, 11) is 1.33. The first-order chi connectivity index (χ1) is 8.72. The fourth-order valence-electron chi connectivity index (χ4n) is 1.98. The molecular formula is C12H16N2O3S. The van der Waals surface area contributed by atoms with Crippen molar-refractivity contribution in [3.63, 3.8) is 0 Å². The fraction of sp³-hybridized carbons (Fsp3) is 0.500. The number of thiophene rings is 1. The molecule has 2 rings (SSSR count). The fourth-order valence-corrected chi connectivity index (χ4v) is 2.74. The standard InChI is InChI=1S/C12H16N2O3S/c1-17-12(16)10-9(4-7-18-10)14-11(15)8-2-5-13-6-3-8/h4,7-8,13H,2-3,5-6H2,1H3,(H,14,15). The average Bonchev–Trinajstić information content (AvgIpc) is 2.87. The van der Waals surface area contributed by atoms with Crippen LogP contribution in [0.25, 0.3) is 0 Å². The highest BCUT2D eigenvalue weighted by Gasteiger charge is 2.23. The minimum Gasteiger partial charge on any atom is -0.465 e. The van der Waals surface area contributed by atoms with Crippen LogP contribution in [0.5, 0.6) is 0 Å². The van der Waals surface area contributed by atoms with Crippen molar-refractivity contribution in [2.45, 2.75) is 12.8 Å². The van der Waals surface area contributed by atoms with Crippen LogP contribution in [0.4, 0.5) is 5.69 Å². The van der Waals surface area contributed by atoms with Gasteiger partial charge in [-0.2, -0.15) is 0 Å². The normalized spacial score (nSPS) is 16.3. The van der Waals surface area contributed by atoms with E-state index in [1.165, 1.54) is 18.4 Å². The van der Waals surface area contributed by atoms with Crippen LogP contribution in [0.2, 0.25) is 0 Å². The molecule has 5 nitrogen and oxygen atoms in total. The molecule has 0 unspecified atom stereocenters. The van der Waals surface area contributed by atoms with Gasteiger partial charge in [-0.15, -0.1) is 11.3 Å². The van der Waals surface area contributed by atoms with E-state index in [9.17, 15) is 9.59 Å². The lowest BCUT2D eigenvalue weighted by Crippen LogP contribution is -2.34. The van der Waals surface area contributed by atoms with Crippen LogP contribution in [0, 0.1) is 5.92 Å². The smallest absolute Gasteiger partial charge is 0.350 e. The zero-order valence-corrected chi connectivity index (χ0v) is 11.0. The summed E-state index contributed by atoms with van der Waals surface area (Å²) < 4.78 is 4.67. The van der Waals surface area contributed by atoms with Gasteiger partial charge >= 0.3 is 5.97 Å². The SMILES string of the molecule is COC(=O)c1sccc1NC(=O)C1CCNCC1. The van der Waals surface area contributed by atoms with Crippen LogP contribution in [-0.2, 0) is 9.53 Å². The Kier molecular flexibility index (Phi) is 4.33. The number of hydrogen-bond donors (Lipinski definition) is 2. The summed E-state index contributed by atoms with van der Waals surface area (Å²) in [5, 5.41) is 7.80. The van der Waals surface area contributed by atoms with E-state index in [1.54, 1.807) is 11.4 Å². The van der Waals surface area contributed by atoms with Crippen molar-refractivity contribution in [1.82, 2.24) is 5.32 Å². The van der Waals surface area contributed by atoms with Crippen molar-refractivity contribution in [2.24, 2.45) is 5.92 Å². The van der Waals surface area contributed by atoms with E-state index in [4.69, 9.17) is 0 Å². The highest BCUT2D eigenvalue weighted by Crippen LogP contribution is 2.24. The maximum Gasteiger partial charge on any atom is 0.350 e. The van der Waals surface area contributed by atoms with Gasteiger partial charge in [0.2, 0.25) is 5.91 Å². The van der Waals surface area contributed by atoms with Crippen molar-refractivity contribution in [3.8, 4) is 0 Å². The number of rotatable bonds is 3. The zero-order chi connectivity index (χ0) is 13.0. The van der Waals surface area contributed by atoms with Crippen molar-refractivity contribution in [1.29, 1.82) is 0 Å². The predicted octanol–water partition coefficient (Wildman–Crippen LogP) is 1.47. The summed E-state index contributed by atoms with van der Waals surface area (Å²) in [5.74, 6) is -0.401. The molecule has 2 heterocycles. The van der Waals surface area contributed by atoms with Gasteiger partial charge in [0.05, 0.1) is 12.8 Å². The van der Waals surface area contributed by atoms with E-state index in [1.807, 2.05) is 0 Å². The summed E-state index contributed by atoms with van der Waals surface area (Å²) in [6.07, 6.45) is 1.67. The van der Waals surface area contributed by atoms with Gasteiger partial charge in [0.15, 0.2) is 0 Å². The molecule has 0 saturated carbocycles. The van der Waals surface area contributed by atoms with E-state index in [-0.39, 0.29) is 11.8 Å². The molecule has 1 aromatic rings. The van der Waals surface area contributed by atoms with E-state index in [0.29, 0.717) is 10.6 Å². The molecule has 0 spiro atoms. The van der Waals surface area contributed by atoms with Crippen LogP contribution in [0.3, 0.4) is 0 Å². The van der Waals surface area contributed by atoms with E-state index in [2.05, 4.69) is 15.4 Å². The van der Waals surface area contributed by atoms with Crippen molar-refractivity contribution in [3.05, 3.63) is 16.3 Å².